The van der Waals surface area contributed by atoms with Gasteiger partial charge in [0, 0.05) is 17.2 Å². The number of rotatable bonds is 2. The quantitative estimate of drug-likeness (QED) is 0.775. The Hall–Kier alpha value is -1.42. The zero-order chi connectivity index (χ0) is 11.5. The Morgan fingerprint density at radius 3 is 2.73 bits per heavy atom. The smallest absolute Gasteiger partial charge is 0.229 e. The fourth-order valence-electron chi connectivity index (χ4n) is 0.984. The fraction of sp³-hybridized carbons (Fsp3) is 0.455. The molecule has 82 valence electrons. The maximum Gasteiger partial charge on any atom is 0.229 e. The normalized spacial score (nSPS) is 11.2. The van der Waals surface area contributed by atoms with Crippen molar-refractivity contribution in [3.05, 3.63) is 24.0 Å². The van der Waals surface area contributed by atoms with Gasteiger partial charge >= 0.3 is 0 Å². The average Bonchev–Trinajstić information content (AvgIpc) is 2.17. The third-order valence-electron chi connectivity index (χ3n) is 2.01. The maximum atomic E-state index is 11.7. The molecule has 0 bridgehead atoms. The highest BCUT2D eigenvalue weighted by molar-refractivity contribution is 5.94. The van der Waals surface area contributed by atoms with E-state index in [2.05, 4.69) is 10.3 Å². The molecule has 1 aromatic rings. The van der Waals surface area contributed by atoms with Crippen molar-refractivity contribution in [1.82, 2.24) is 4.98 Å². The zero-order valence-corrected chi connectivity index (χ0v) is 9.24. The molecular formula is C11H16N2O2. The number of amides is 1. The Labute approximate surface area is 89.3 Å². The molecule has 15 heavy (non-hydrogen) atoms. The predicted octanol–water partition coefficient (Wildman–Crippen LogP) is 1.56. The van der Waals surface area contributed by atoms with E-state index in [0.29, 0.717) is 11.3 Å². The van der Waals surface area contributed by atoms with Crippen LogP contribution in [0.2, 0.25) is 0 Å². The van der Waals surface area contributed by atoms with Gasteiger partial charge in [0.2, 0.25) is 5.91 Å². The summed E-state index contributed by atoms with van der Waals surface area (Å²) in [4.78, 5) is 15.6. The van der Waals surface area contributed by atoms with E-state index in [1.54, 1.807) is 12.3 Å². The molecular weight excluding hydrogens is 192 g/mol. The molecule has 0 radical (unpaired) electrons. The third-order valence-corrected chi connectivity index (χ3v) is 2.01. The number of anilines is 1. The van der Waals surface area contributed by atoms with Crippen LogP contribution in [0.5, 0.6) is 0 Å². The molecule has 0 unspecified atom stereocenters. The van der Waals surface area contributed by atoms with Crippen LogP contribution in [0, 0.1) is 5.41 Å². The molecule has 0 atom stereocenters. The minimum absolute atomic E-state index is 0.0924. The second-order valence-corrected chi connectivity index (χ2v) is 4.40. The van der Waals surface area contributed by atoms with Crippen LogP contribution >= 0.6 is 0 Å². The molecule has 1 heterocycles. The van der Waals surface area contributed by atoms with Crippen LogP contribution in [0.4, 0.5) is 5.69 Å². The summed E-state index contributed by atoms with van der Waals surface area (Å²) in [6, 6.07) is 1.68. The van der Waals surface area contributed by atoms with Crippen LogP contribution in [-0.2, 0) is 11.4 Å². The van der Waals surface area contributed by atoms with Gasteiger partial charge in [-0.2, -0.15) is 0 Å². The molecule has 0 fully saturated rings. The largest absolute Gasteiger partial charge is 0.392 e. The molecule has 0 aliphatic carbocycles. The number of carbonyl (C=O) groups excluding carboxylic acids is 1. The molecule has 0 aliphatic rings. The molecule has 4 heteroatoms. The van der Waals surface area contributed by atoms with Crippen molar-refractivity contribution in [3.8, 4) is 0 Å². The van der Waals surface area contributed by atoms with Crippen molar-refractivity contribution in [2.45, 2.75) is 27.4 Å². The van der Waals surface area contributed by atoms with Gasteiger partial charge in [-0.25, -0.2) is 0 Å². The Bertz CT molecular complexity index is 356. The number of hydrogen-bond donors (Lipinski definition) is 2. The molecule has 0 spiro atoms. The van der Waals surface area contributed by atoms with Crippen LogP contribution in [0.25, 0.3) is 0 Å². The second-order valence-electron chi connectivity index (χ2n) is 4.40. The standard InChI is InChI=1S/C11H16N2O2/c1-11(2,3)10(15)13-9-6-12-5-4-8(9)7-14/h4-6,14H,7H2,1-3H3,(H,13,15). The highest BCUT2D eigenvalue weighted by Crippen LogP contribution is 2.19. The van der Waals surface area contributed by atoms with Gasteiger partial charge in [-0.05, 0) is 6.07 Å². The lowest BCUT2D eigenvalue weighted by molar-refractivity contribution is -0.123. The molecule has 1 amide bonds. The van der Waals surface area contributed by atoms with Crippen molar-refractivity contribution in [3.63, 3.8) is 0 Å². The summed E-state index contributed by atoms with van der Waals surface area (Å²) in [6.45, 7) is 5.38. The Morgan fingerprint density at radius 2 is 2.20 bits per heavy atom. The van der Waals surface area contributed by atoms with E-state index in [-0.39, 0.29) is 12.5 Å². The molecule has 0 saturated heterocycles. The van der Waals surface area contributed by atoms with Crippen molar-refractivity contribution in [1.29, 1.82) is 0 Å². The first-order chi connectivity index (χ1) is 6.95. The lowest BCUT2D eigenvalue weighted by Gasteiger charge is -2.18. The topological polar surface area (TPSA) is 62.2 Å². The summed E-state index contributed by atoms with van der Waals surface area (Å²) in [5.41, 5.74) is 0.783. The lowest BCUT2D eigenvalue weighted by atomic mass is 9.95. The summed E-state index contributed by atoms with van der Waals surface area (Å²) in [5, 5.41) is 11.8. The van der Waals surface area contributed by atoms with Crippen LogP contribution in [0.3, 0.4) is 0 Å². The van der Waals surface area contributed by atoms with E-state index in [9.17, 15) is 4.79 Å². The summed E-state index contributed by atoms with van der Waals surface area (Å²) in [5.74, 6) is -0.0924. The number of aliphatic hydroxyl groups excluding tert-OH is 1. The van der Waals surface area contributed by atoms with E-state index >= 15 is 0 Å². The fourth-order valence-corrected chi connectivity index (χ4v) is 0.984. The first kappa shape index (κ1) is 11.7. The van der Waals surface area contributed by atoms with Crippen LogP contribution < -0.4 is 5.32 Å². The number of carbonyl (C=O) groups is 1. The molecule has 0 saturated carbocycles. The van der Waals surface area contributed by atoms with Gasteiger partial charge in [-0.1, -0.05) is 20.8 Å². The summed E-state index contributed by atoms with van der Waals surface area (Å²) >= 11 is 0. The Kier molecular flexibility index (Phi) is 3.42. The summed E-state index contributed by atoms with van der Waals surface area (Å²) in [7, 11) is 0. The van der Waals surface area contributed by atoms with Gasteiger partial charge in [-0.15, -0.1) is 0 Å². The highest BCUT2D eigenvalue weighted by atomic mass is 16.3. The number of pyridine rings is 1. The first-order valence-electron chi connectivity index (χ1n) is 4.80. The van der Waals surface area contributed by atoms with E-state index in [1.807, 2.05) is 20.8 Å². The highest BCUT2D eigenvalue weighted by Gasteiger charge is 2.21. The number of nitrogens with one attached hydrogen (secondary N) is 1. The van der Waals surface area contributed by atoms with Crippen molar-refractivity contribution in [2.75, 3.05) is 5.32 Å². The van der Waals surface area contributed by atoms with Gasteiger partial charge in [0.05, 0.1) is 18.5 Å². The van der Waals surface area contributed by atoms with Crippen LogP contribution in [0.15, 0.2) is 18.5 Å². The number of aromatic nitrogens is 1. The van der Waals surface area contributed by atoms with Gasteiger partial charge in [0.1, 0.15) is 0 Å². The third kappa shape index (κ3) is 3.02. The summed E-state index contributed by atoms with van der Waals surface area (Å²) in [6.07, 6.45) is 3.12. The minimum Gasteiger partial charge on any atom is -0.392 e. The lowest BCUT2D eigenvalue weighted by Crippen LogP contribution is -2.28. The van der Waals surface area contributed by atoms with E-state index < -0.39 is 5.41 Å². The van der Waals surface area contributed by atoms with Gasteiger partial charge in [-0.3, -0.25) is 9.78 Å². The first-order valence-corrected chi connectivity index (χ1v) is 4.80. The molecule has 1 rings (SSSR count). The zero-order valence-electron chi connectivity index (χ0n) is 9.24. The van der Waals surface area contributed by atoms with Crippen molar-refractivity contribution >= 4 is 11.6 Å². The van der Waals surface area contributed by atoms with Gasteiger partial charge < -0.3 is 10.4 Å². The van der Waals surface area contributed by atoms with E-state index in [0.717, 1.165) is 0 Å². The number of hydrogen-bond acceptors (Lipinski definition) is 3. The van der Waals surface area contributed by atoms with Gasteiger partial charge in [0.25, 0.3) is 0 Å². The van der Waals surface area contributed by atoms with Crippen molar-refractivity contribution in [2.24, 2.45) is 5.41 Å². The SMILES string of the molecule is CC(C)(C)C(=O)Nc1cnccc1CO. The molecule has 0 aromatic carbocycles. The molecule has 4 nitrogen and oxygen atoms in total. The van der Waals surface area contributed by atoms with Crippen molar-refractivity contribution < 1.29 is 9.90 Å². The van der Waals surface area contributed by atoms with Crippen LogP contribution in [-0.4, -0.2) is 16.0 Å². The maximum absolute atomic E-state index is 11.7. The number of nitrogens with zero attached hydrogens (tertiary/aromatic N) is 1. The molecule has 0 aliphatic heterocycles. The Balaban J connectivity index is 2.85. The molecule has 2 N–H and O–H groups in total. The second kappa shape index (κ2) is 4.40. The van der Waals surface area contributed by atoms with Gasteiger partial charge in [0.15, 0.2) is 0 Å². The Morgan fingerprint density at radius 1 is 1.53 bits per heavy atom. The minimum atomic E-state index is -0.456. The number of aliphatic hydroxyl groups is 1. The monoisotopic (exact) mass is 208 g/mol. The average molecular weight is 208 g/mol. The van der Waals surface area contributed by atoms with E-state index in [4.69, 9.17) is 5.11 Å². The summed E-state index contributed by atoms with van der Waals surface area (Å²) < 4.78 is 0. The predicted molar refractivity (Wildman–Crippen MR) is 58.2 cm³/mol. The molecule has 1 aromatic heterocycles. The van der Waals surface area contributed by atoms with Crippen LogP contribution in [0.1, 0.15) is 26.3 Å². The van der Waals surface area contributed by atoms with E-state index in [1.165, 1.54) is 6.20 Å².